The third-order valence-electron chi connectivity index (χ3n) is 4.35. The van der Waals surface area contributed by atoms with Crippen molar-refractivity contribution in [2.75, 3.05) is 22.8 Å². The maximum Gasteiger partial charge on any atom is 0.229 e. The Kier molecular flexibility index (Phi) is 5.64. The van der Waals surface area contributed by atoms with E-state index in [2.05, 4.69) is 10.0 Å². The number of hydrogen-bond acceptors (Lipinski definition) is 4. The highest BCUT2D eigenvalue weighted by molar-refractivity contribution is 7.92. The third-order valence-corrected chi connectivity index (χ3v) is 4.96. The molecule has 0 heterocycles. The van der Waals surface area contributed by atoms with Gasteiger partial charge in [-0.05, 0) is 49.1 Å². The first-order valence-electron chi connectivity index (χ1n) is 7.90. The van der Waals surface area contributed by atoms with Crippen molar-refractivity contribution < 1.29 is 13.2 Å². The van der Waals surface area contributed by atoms with E-state index >= 15 is 0 Å². The number of amides is 1. The molecular formula is C16H25N3O3S. The first kappa shape index (κ1) is 17.7. The molecule has 0 aromatic heterocycles. The first-order chi connectivity index (χ1) is 10.8. The Bertz CT molecular complexity index is 635. The highest BCUT2D eigenvalue weighted by Gasteiger charge is 2.32. The van der Waals surface area contributed by atoms with Crippen molar-refractivity contribution in [1.29, 1.82) is 0 Å². The molecule has 1 aliphatic carbocycles. The van der Waals surface area contributed by atoms with E-state index in [9.17, 15) is 13.2 Å². The lowest BCUT2D eigenvalue weighted by atomic mass is 9.71. The predicted molar refractivity (Wildman–Crippen MR) is 92.7 cm³/mol. The molecule has 0 aliphatic heterocycles. The van der Waals surface area contributed by atoms with Gasteiger partial charge in [0.1, 0.15) is 0 Å². The van der Waals surface area contributed by atoms with Crippen LogP contribution in [0.5, 0.6) is 0 Å². The van der Waals surface area contributed by atoms with Gasteiger partial charge >= 0.3 is 0 Å². The number of hydrogen-bond donors (Lipinski definition) is 3. The summed E-state index contributed by atoms with van der Waals surface area (Å²) < 4.78 is 24.7. The van der Waals surface area contributed by atoms with Crippen LogP contribution in [0.25, 0.3) is 0 Å². The molecule has 1 fully saturated rings. The number of benzene rings is 1. The van der Waals surface area contributed by atoms with Crippen LogP contribution in [0.1, 0.15) is 38.5 Å². The van der Waals surface area contributed by atoms with Gasteiger partial charge in [0.15, 0.2) is 0 Å². The Labute approximate surface area is 137 Å². The fraction of sp³-hybridized carbons (Fsp3) is 0.562. The lowest BCUT2D eigenvalue weighted by Gasteiger charge is -2.35. The molecule has 4 N–H and O–H groups in total. The van der Waals surface area contributed by atoms with E-state index in [1.54, 1.807) is 24.3 Å². The average Bonchev–Trinajstić information content (AvgIpc) is 2.48. The monoisotopic (exact) mass is 339 g/mol. The molecule has 23 heavy (non-hydrogen) atoms. The Hall–Kier alpha value is -1.60. The molecule has 1 amide bonds. The van der Waals surface area contributed by atoms with Gasteiger partial charge in [-0.25, -0.2) is 8.42 Å². The van der Waals surface area contributed by atoms with Crippen LogP contribution >= 0.6 is 0 Å². The molecular weight excluding hydrogens is 314 g/mol. The minimum atomic E-state index is -3.30. The summed E-state index contributed by atoms with van der Waals surface area (Å²) in [5.41, 5.74) is 6.96. The summed E-state index contributed by atoms with van der Waals surface area (Å²) in [5.74, 6) is -0.0406. The number of rotatable bonds is 6. The van der Waals surface area contributed by atoms with E-state index in [1.165, 1.54) is 6.42 Å². The van der Waals surface area contributed by atoms with E-state index in [-0.39, 0.29) is 11.3 Å². The largest absolute Gasteiger partial charge is 0.330 e. The number of nitrogens with one attached hydrogen (secondary N) is 2. The van der Waals surface area contributed by atoms with Crippen LogP contribution < -0.4 is 15.8 Å². The third kappa shape index (κ3) is 5.51. The molecule has 0 atom stereocenters. The fourth-order valence-corrected chi connectivity index (χ4v) is 3.70. The van der Waals surface area contributed by atoms with Gasteiger partial charge < -0.3 is 11.1 Å². The smallest absolute Gasteiger partial charge is 0.229 e. The van der Waals surface area contributed by atoms with Crippen molar-refractivity contribution in [3.8, 4) is 0 Å². The maximum absolute atomic E-state index is 12.3. The van der Waals surface area contributed by atoms with Gasteiger partial charge in [0.2, 0.25) is 15.9 Å². The van der Waals surface area contributed by atoms with Gasteiger partial charge in [-0.2, -0.15) is 0 Å². The van der Waals surface area contributed by atoms with E-state index in [1.807, 2.05) is 0 Å². The second-order valence-corrected chi connectivity index (χ2v) is 8.19. The second-order valence-electron chi connectivity index (χ2n) is 6.44. The highest BCUT2D eigenvalue weighted by atomic mass is 32.2. The molecule has 0 radical (unpaired) electrons. The summed E-state index contributed by atoms with van der Waals surface area (Å²) in [6, 6.07) is 6.61. The molecule has 1 aromatic carbocycles. The summed E-state index contributed by atoms with van der Waals surface area (Å²) in [4.78, 5) is 12.3. The fourth-order valence-electron chi connectivity index (χ4n) is 3.14. The van der Waals surface area contributed by atoms with Crippen LogP contribution in [0.3, 0.4) is 0 Å². The van der Waals surface area contributed by atoms with Crippen LogP contribution in [0.15, 0.2) is 24.3 Å². The zero-order valence-electron chi connectivity index (χ0n) is 13.5. The molecule has 0 spiro atoms. The topological polar surface area (TPSA) is 101 Å². The highest BCUT2D eigenvalue weighted by Crippen LogP contribution is 2.38. The van der Waals surface area contributed by atoms with Crippen molar-refractivity contribution in [1.82, 2.24) is 0 Å². The molecule has 2 rings (SSSR count). The molecule has 0 saturated heterocycles. The SMILES string of the molecule is CS(=O)(=O)Nc1ccc(NC(=O)CC2(CN)CCCCC2)cc1. The van der Waals surface area contributed by atoms with Gasteiger partial charge in [0.25, 0.3) is 0 Å². The molecule has 7 heteroatoms. The van der Waals surface area contributed by atoms with Crippen LogP contribution in [-0.4, -0.2) is 27.1 Å². The minimum absolute atomic E-state index is 0.0406. The Morgan fingerprint density at radius 2 is 1.70 bits per heavy atom. The summed E-state index contributed by atoms with van der Waals surface area (Å²) in [5, 5.41) is 2.87. The lowest BCUT2D eigenvalue weighted by molar-refractivity contribution is -0.118. The predicted octanol–water partition coefficient (Wildman–Crippen LogP) is 2.30. The van der Waals surface area contributed by atoms with Crippen molar-refractivity contribution in [2.45, 2.75) is 38.5 Å². The van der Waals surface area contributed by atoms with Gasteiger partial charge in [-0.3, -0.25) is 9.52 Å². The first-order valence-corrected chi connectivity index (χ1v) is 9.79. The van der Waals surface area contributed by atoms with E-state index in [0.717, 1.165) is 31.9 Å². The van der Waals surface area contributed by atoms with Gasteiger partial charge in [0.05, 0.1) is 6.26 Å². The molecule has 128 valence electrons. The minimum Gasteiger partial charge on any atom is -0.330 e. The summed E-state index contributed by atoms with van der Waals surface area (Å²) >= 11 is 0. The van der Waals surface area contributed by atoms with Crippen molar-refractivity contribution in [3.63, 3.8) is 0 Å². The Morgan fingerprint density at radius 3 is 2.22 bits per heavy atom. The summed E-state index contributed by atoms with van der Waals surface area (Å²) in [7, 11) is -3.30. The molecule has 0 bridgehead atoms. The van der Waals surface area contributed by atoms with Gasteiger partial charge in [-0.15, -0.1) is 0 Å². The summed E-state index contributed by atoms with van der Waals surface area (Å²) in [6.07, 6.45) is 7.04. The van der Waals surface area contributed by atoms with Crippen molar-refractivity contribution >= 4 is 27.3 Å². The quantitative estimate of drug-likeness (QED) is 0.740. The lowest BCUT2D eigenvalue weighted by Crippen LogP contribution is -2.36. The standard InChI is InChI=1S/C16H25N3O3S/c1-23(21,22)19-14-7-5-13(6-8-14)18-15(20)11-16(12-17)9-3-2-4-10-16/h5-8,19H,2-4,9-12,17H2,1H3,(H,18,20). The van der Waals surface area contributed by atoms with Crippen LogP contribution in [0, 0.1) is 5.41 Å². The molecule has 1 aliphatic rings. The molecule has 1 aromatic rings. The van der Waals surface area contributed by atoms with Crippen LogP contribution in [0.4, 0.5) is 11.4 Å². The number of anilines is 2. The number of carbonyl (C=O) groups excluding carboxylic acids is 1. The average molecular weight is 339 g/mol. The van der Waals surface area contributed by atoms with Gasteiger partial charge in [0, 0.05) is 17.8 Å². The van der Waals surface area contributed by atoms with E-state index < -0.39 is 10.0 Å². The van der Waals surface area contributed by atoms with Crippen molar-refractivity contribution in [2.24, 2.45) is 11.1 Å². The van der Waals surface area contributed by atoms with Crippen molar-refractivity contribution in [3.05, 3.63) is 24.3 Å². The molecule has 1 saturated carbocycles. The number of carbonyl (C=O) groups is 1. The maximum atomic E-state index is 12.3. The number of sulfonamides is 1. The zero-order chi connectivity index (χ0) is 16.9. The Balaban J connectivity index is 1.94. The summed E-state index contributed by atoms with van der Waals surface area (Å²) in [6.45, 7) is 0.539. The van der Waals surface area contributed by atoms with E-state index in [0.29, 0.717) is 24.3 Å². The second kappa shape index (κ2) is 7.31. The van der Waals surface area contributed by atoms with Gasteiger partial charge in [-0.1, -0.05) is 19.3 Å². The molecule has 0 unspecified atom stereocenters. The van der Waals surface area contributed by atoms with Crippen LogP contribution in [-0.2, 0) is 14.8 Å². The zero-order valence-corrected chi connectivity index (χ0v) is 14.3. The normalized spacial score (nSPS) is 17.5. The Morgan fingerprint density at radius 1 is 1.13 bits per heavy atom. The molecule has 6 nitrogen and oxygen atoms in total. The van der Waals surface area contributed by atoms with E-state index in [4.69, 9.17) is 5.73 Å². The number of nitrogens with two attached hydrogens (primary N) is 1. The van der Waals surface area contributed by atoms with Crippen LogP contribution in [0.2, 0.25) is 0 Å².